The summed E-state index contributed by atoms with van der Waals surface area (Å²) in [5.74, 6) is 1.36. The fourth-order valence-electron chi connectivity index (χ4n) is 2.40. The first-order chi connectivity index (χ1) is 9.63. The third-order valence-electron chi connectivity index (χ3n) is 3.38. The van der Waals surface area contributed by atoms with Gasteiger partial charge >= 0.3 is 0 Å². The number of furan rings is 1. The number of hydrogen-bond acceptors (Lipinski definition) is 3. The molecule has 0 amide bonds. The third-order valence-corrected chi connectivity index (χ3v) is 4.10. The zero-order valence-corrected chi connectivity index (χ0v) is 13.1. The molecule has 1 heterocycles. The molecule has 0 fully saturated rings. The number of benzene rings is 1. The molecule has 0 spiro atoms. The Hall–Kier alpha value is -1.56. The monoisotopic (exact) mass is 379 g/mol. The fraction of sp³-hybridized carbons (Fsp3) is 0.188. The lowest BCUT2D eigenvalue weighted by Crippen LogP contribution is -2.25. The third kappa shape index (κ3) is 2.65. The Balaban J connectivity index is 1.83. The maximum atomic E-state index is 12.1. The highest BCUT2D eigenvalue weighted by atomic mass is 127. The molecule has 1 N–H and O–H groups in total. The highest BCUT2D eigenvalue weighted by Crippen LogP contribution is 2.30. The fourth-order valence-corrected chi connectivity index (χ4v) is 2.76. The molecule has 102 valence electrons. The number of rotatable bonds is 3. The Morgan fingerprint density at radius 3 is 2.55 bits per heavy atom. The van der Waals surface area contributed by atoms with Gasteiger partial charge in [0, 0.05) is 9.26 Å². The van der Waals surface area contributed by atoms with Crippen LogP contribution < -0.4 is 5.32 Å². The molecule has 2 atom stereocenters. The maximum Gasteiger partial charge on any atom is 0.168 e. The second-order valence-corrected chi connectivity index (χ2v) is 6.11. The Labute approximate surface area is 131 Å². The van der Waals surface area contributed by atoms with Gasteiger partial charge in [0.05, 0.1) is 6.04 Å². The maximum absolute atomic E-state index is 12.1. The molecule has 0 saturated carbocycles. The van der Waals surface area contributed by atoms with Crippen molar-refractivity contribution in [2.45, 2.75) is 18.9 Å². The number of anilines is 1. The van der Waals surface area contributed by atoms with Gasteiger partial charge in [-0.1, -0.05) is 6.08 Å². The standard InChI is InChI=1S/C16H14INO2/c1-10-2-9-15(20-10)16-13(7-8-14(16)19)18-12-5-3-11(17)4-6-12/h2-9,13,16,18H,1H3/t13-,16-/m0/s1. The van der Waals surface area contributed by atoms with Gasteiger partial charge in [-0.15, -0.1) is 0 Å². The molecule has 1 aromatic carbocycles. The summed E-state index contributed by atoms with van der Waals surface area (Å²) >= 11 is 2.27. The van der Waals surface area contributed by atoms with E-state index >= 15 is 0 Å². The molecule has 4 heteroatoms. The molecular weight excluding hydrogens is 365 g/mol. The average Bonchev–Trinajstić information content (AvgIpc) is 2.99. The quantitative estimate of drug-likeness (QED) is 0.823. The number of allylic oxidation sites excluding steroid dienone is 1. The number of halogens is 1. The summed E-state index contributed by atoms with van der Waals surface area (Å²) in [5, 5.41) is 3.39. The lowest BCUT2D eigenvalue weighted by molar-refractivity contribution is -0.115. The summed E-state index contributed by atoms with van der Waals surface area (Å²) < 4.78 is 6.81. The van der Waals surface area contributed by atoms with E-state index in [0.29, 0.717) is 0 Å². The Morgan fingerprint density at radius 1 is 1.15 bits per heavy atom. The van der Waals surface area contributed by atoms with Crippen molar-refractivity contribution in [1.82, 2.24) is 0 Å². The van der Waals surface area contributed by atoms with Crippen molar-refractivity contribution in [3.05, 3.63) is 63.6 Å². The van der Waals surface area contributed by atoms with E-state index in [9.17, 15) is 4.79 Å². The van der Waals surface area contributed by atoms with Gasteiger partial charge in [0.1, 0.15) is 17.4 Å². The summed E-state index contributed by atoms with van der Waals surface area (Å²) in [6.07, 6.45) is 3.54. The summed E-state index contributed by atoms with van der Waals surface area (Å²) in [5.41, 5.74) is 1.00. The van der Waals surface area contributed by atoms with Crippen LogP contribution in [0.5, 0.6) is 0 Å². The first kappa shape index (κ1) is 13.4. The normalized spacial score (nSPS) is 21.4. The summed E-state index contributed by atoms with van der Waals surface area (Å²) in [7, 11) is 0. The molecule has 0 bridgehead atoms. The van der Waals surface area contributed by atoms with E-state index in [-0.39, 0.29) is 17.7 Å². The van der Waals surface area contributed by atoms with Crippen LogP contribution in [-0.4, -0.2) is 11.8 Å². The van der Waals surface area contributed by atoms with Crippen molar-refractivity contribution in [2.24, 2.45) is 0 Å². The minimum atomic E-state index is -0.275. The van der Waals surface area contributed by atoms with Gasteiger partial charge < -0.3 is 9.73 Å². The van der Waals surface area contributed by atoms with E-state index < -0.39 is 0 Å². The molecule has 0 aliphatic heterocycles. The van der Waals surface area contributed by atoms with Crippen LogP contribution in [0.15, 0.2) is 53.0 Å². The van der Waals surface area contributed by atoms with Gasteiger partial charge in [0.15, 0.2) is 5.78 Å². The Bertz CT molecular complexity index is 657. The van der Waals surface area contributed by atoms with Crippen molar-refractivity contribution in [2.75, 3.05) is 5.32 Å². The zero-order valence-electron chi connectivity index (χ0n) is 11.0. The van der Waals surface area contributed by atoms with Crippen molar-refractivity contribution in [3.63, 3.8) is 0 Å². The molecule has 1 aliphatic carbocycles. The van der Waals surface area contributed by atoms with Crippen LogP contribution in [0.2, 0.25) is 0 Å². The molecule has 0 unspecified atom stereocenters. The van der Waals surface area contributed by atoms with E-state index in [1.807, 2.05) is 49.4 Å². The Morgan fingerprint density at radius 2 is 1.90 bits per heavy atom. The van der Waals surface area contributed by atoms with Gasteiger partial charge in [-0.3, -0.25) is 4.79 Å². The van der Waals surface area contributed by atoms with Gasteiger partial charge in [-0.2, -0.15) is 0 Å². The van der Waals surface area contributed by atoms with E-state index in [1.165, 1.54) is 3.57 Å². The largest absolute Gasteiger partial charge is 0.466 e. The Kier molecular flexibility index (Phi) is 3.65. The molecule has 2 aromatic rings. The SMILES string of the molecule is Cc1ccc([C@@H]2C(=O)C=C[C@@H]2Nc2ccc(I)cc2)o1. The molecule has 0 radical (unpaired) electrons. The van der Waals surface area contributed by atoms with Crippen LogP contribution in [0.3, 0.4) is 0 Å². The van der Waals surface area contributed by atoms with Crippen LogP contribution >= 0.6 is 22.6 Å². The predicted octanol–water partition coefficient (Wildman–Crippen LogP) is 3.90. The van der Waals surface area contributed by atoms with E-state index in [4.69, 9.17) is 4.42 Å². The number of carbonyl (C=O) groups is 1. The van der Waals surface area contributed by atoms with E-state index in [0.717, 1.165) is 17.2 Å². The summed E-state index contributed by atoms with van der Waals surface area (Å²) in [4.78, 5) is 12.1. The second-order valence-electron chi connectivity index (χ2n) is 4.86. The highest BCUT2D eigenvalue weighted by Gasteiger charge is 2.33. The van der Waals surface area contributed by atoms with E-state index in [1.54, 1.807) is 6.08 Å². The molecular formula is C16H14INO2. The average molecular weight is 379 g/mol. The van der Waals surface area contributed by atoms with Gasteiger partial charge in [0.25, 0.3) is 0 Å². The summed E-state index contributed by atoms with van der Waals surface area (Å²) in [6.45, 7) is 1.89. The first-order valence-electron chi connectivity index (χ1n) is 6.44. The van der Waals surface area contributed by atoms with Crippen LogP contribution in [0.1, 0.15) is 17.4 Å². The number of hydrogen-bond donors (Lipinski definition) is 1. The first-order valence-corrected chi connectivity index (χ1v) is 7.52. The number of carbonyl (C=O) groups excluding carboxylic acids is 1. The number of aryl methyl sites for hydroxylation is 1. The minimum Gasteiger partial charge on any atom is -0.466 e. The predicted molar refractivity (Wildman–Crippen MR) is 86.9 cm³/mol. The number of nitrogens with one attached hydrogen (secondary N) is 1. The number of ketones is 1. The molecule has 0 saturated heterocycles. The van der Waals surface area contributed by atoms with E-state index in [2.05, 4.69) is 27.9 Å². The molecule has 1 aliphatic rings. The molecule has 20 heavy (non-hydrogen) atoms. The second kappa shape index (κ2) is 5.44. The van der Waals surface area contributed by atoms with Crippen molar-refractivity contribution in [3.8, 4) is 0 Å². The highest BCUT2D eigenvalue weighted by molar-refractivity contribution is 14.1. The summed E-state index contributed by atoms with van der Waals surface area (Å²) in [6, 6.07) is 11.8. The smallest absolute Gasteiger partial charge is 0.168 e. The van der Waals surface area contributed by atoms with Gasteiger partial charge in [-0.25, -0.2) is 0 Å². The lowest BCUT2D eigenvalue weighted by Gasteiger charge is -2.19. The molecule has 3 rings (SSSR count). The van der Waals surface area contributed by atoms with Crippen molar-refractivity contribution >= 4 is 34.1 Å². The zero-order chi connectivity index (χ0) is 14.1. The van der Waals surface area contributed by atoms with Gasteiger partial charge in [0.2, 0.25) is 0 Å². The molecule has 3 nitrogen and oxygen atoms in total. The minimum absolute atomic E-state index is 0.0619. The molecule has 1 aromatic heterocycles. The van der Waals surface area contributed by atoms with Crippen LogP contribution in [-0.2, 0) is 4.79 Å². The topological polar surface area (TPSA) is 42.2 Å². The van der Waals surface area contributed by atoms with Crippen LogP contribution in [0.4, 0.5) is 5.69 Å². The van der Waals surface area contributed by atoms with Crippen LogP contribution in [0, 0.1) is 10.5 Å². The lowest BCUT2D eigenvalue weighted by atomic mass is 9.98. The van der Waals surface area contributed by atoms with Crippen molar-refractivity contribution < 1.29 is 9.21 Å². The van der Waals surface area contributed by atoms with Gasteiger partial charge in [-0.05, 0) is 72.0 Å². The van der Waals surface area contributed by atoms with Crippen LogP contribution in [0.25, 0.3) is 0 Å². The van der Waals surface area contributed by atoms with Crippen molar-refractivity contribution in [1.29, 1.82) is 0 Å².